The Bertz CT molecular complexity index is 544. The zero-order chi connectivity index (χ0) is 12.4. The fraction of sp³-hybridized carbons (Fsp3) is 0.400. The Morgan fingerprint density at radius 1 is 1.22 bits per heavy atom. The number of rotatable bonds is 5. The standard InChI is InChI=1S/C15H18N2O/c18-10-8-15(6-7-15)11-17-14-13-4-2-1-3-12(13)5-9-16-14/h1-5,9,18H,6-8,10-11H2,(H,16,17). The van der Waals surface area contributed by atoms with E-state index >= 15 is 0 Å². The number of hydrogen-bond donors (Lipinski definition) is 2. The van der Waals surface area contributed by atoms with Crippen LogP contribution < -0.4 is 5.32 Å². The molecule has 2 aromatic rings. The summed E-state index contributed by atoms with van der Waals surface area (Å²) < 4.78 is 0. The highest BCUT2D eigenvalue weighted by molar-refractivity contribution is 5.91. The number of nitrogens with zero attached hydrogens (tertiary/aromatic N) is 1. The molecule has 1 heterocycles. The van der Waals surface area contributed by atoms with Crippen LogP contribution in [0, 0.1) is 5.41 Å². The number of aromatic nitrogens is 1. The summed E-state index contributed by atoms with van der Waals surface area (Å²) in [6.07, 6.45) is 5.16. The van der Waals surface area contributed by atoms with E-state index in [4.69, 9.17) is 5.11 Å². The molecule has 3 rings (SSSR count). The summed E-state index contributed by atoms with van der Waals surface area (Å²) in [6.45, 7) is 1.19. The van der Waals surface area contributed by atoms with E-state index in [2.05, 4.69) is 22.4 Å². The smallest absolute Gasteiger partial charge is 0.133 e. The van der Waals surface area contributed by atoms with Gasteiger partial charge in [-0.15, -0.1) is 0 Å². The average molecular weight is 242 g/mol. The maximum absolute atomic E-state index is 9.07. The summed E-state index contributed by atoms with van der Waals surface area (Å²) in [4.78, 5) is 4.42. The van der Waals surface area contributed by atoms with Crippen LogP contribution in [-0.4, -0.2) is 23.2 Å². The van der Waals surface area contributed by atoms with Gasteiger partial charge in [-0.25, -0.2) is 4.98 Å². The minimum atomic E-state index is 0.282. The molecule has 1 aliphatic rings. The van der Waals surface area contributed by atoms with Crippen molar-refractivity contribution in [2.75, 3.05) is 18.5 Å². The lowest BCUT2D eigenvalue weighted by Gasteiger charge is -2.16. The molecular formula is C15H18N2O. The molecule has 0 saturated heterocycles. The second-order valence-electron chi connectivity index (χ2n) is 5.21. The van der Waals surface area contributed by atoms with Crippen molar-refractivity contribution in [3.8, 4) is 0 Å². The van der Waals surface area contributed by atoms with Crippen LogP contribution in [0.4, 0.5) is 5.82 Å². The molecule has 0 atom stereocenters. The molecular weight excluding hydrogens is 224 g/mol. The molecule has 1 aromatic carbocycles. The van der Waals surface area contributed by atoms with Gasteiger partial charge in [0.25, 0.3) is 0 Å². The van der Waals surface area contributed by atoms with E-state index in [1.165, 1.54) is 23.6 Å². The lowest BCUT2D eigenvalue weighted by atomic mass is 10.0. The quantitative estimate of drug-likeness (QED) is 0.847. The SMILES string of the molecule is OCCC1(CNc2nccc3ccccc23)CC1. The predicted molar refractivity (Wildman–Crippen MR) is 73.6 cm³/mol. The van der Waals surface area contributed by atoms with Crippen molar-refractivity contribution in [2.24, 2.45) is 5.41 Å². The summed E-state index contributed by atoms with van der Waals surface area (Å²) >= 11 is 0. The zero-order valence-electron chi connectivity index (χ0n) is 10.4. The number of aliphatic hydroxyl groups excluding tert-OH is 1. The second-order valence-corrected chi connectivity index (χ2v) is 5.21. The molecule has 3 nitrogen and oxygen atoms in total. The highest BCUT2D eigenvalue weighted by Gasteiger charge is 2.41. The topological polar surface area (TPSA) is 45.1 Å². The van der Waals surface area contributed by atoms with Gasteiger partial charge >= 0.3 is 0 Å². The zero-order valence-corrected chi connectivity index (χ0v) is 10.4. The first-order chi connectivity index (χ1) is 8.83. The third kappa shape index (κ3) is 2.18. The van der Waals surface area contributed by atoms with Crippen molar-refractivity contribution >= 4 is 16.6 Å². The lowest BCUT2D eigenvalue weighted by Crippen LogP contribution is -2.17. The second kappa shape index (κ2) is 4.58. The van der Waals surface area contributed by atoms with Gasteiger partial charge in [0.15, 0.2) is 0 Å². The molecule has 0 amide bonds. The lowest BCUT2D eigenvalue weighted by molar-refractivity contribution is 0.253. The summed E-state index contributed by atoms with van der Waals surface area (Å²) in [5, 5.41) is 14.9. The number of pyridine rings is 1. The van der Waals surface area contributed by atoms with Crippen molar-refractivity contribution in [1.82, 2.24) is 4.98 Å². The average Bonchev–Trinajstić information content (AvgIpc) is 3.17. The van der Waals surface area contributed by atoms with Gasteiger partial charge in [0, 0.05) is 24.7 Å². The number of aliphatic hydroxyl groups is 1. The minimum Gasteiger partial charge on any atom is -0.396 e. The first-order valence-corrected chi connectivity index (χ1v) is 6.52. The van der Waals surface area contributed by atoms with Crippen LogP contribution in [0.25, 0.3) is 10.8 Å². The normalized spacial score (nSPS) is 16.7. The fourth-order valence-corrected chi connectivity index (χ4v) is 2.46. The maximum atomic E-state index is 9.07. The summed E-state index contributed by atoms with van der Waals surface area (Å²) in [5.74, 6) is 0.956. The van der Waals surface area contributed by atoms with Gasteiger partial charge in [-0.1, -0.05) is 24.3 Å². The number of hydrogen-bond acceptors (Lipinski definition) is 3. The molecule has 0 aliphatic heterocycles. The van der Waals surface area contributed by atoms with Gasteiger partial charge in [-0.3, -0.25) is 0 Å². The van der Waals surface area contributed by atoms with Crippen molar-refractivity contribution in [1.29, 1.82) is 0 Å². The van der Waals surface area contributed by atoms with Crippen LogP contribution in [0.15, 0.2) is 36.5 Å². The Morgan fingerprint density at radius 3 is 2.83 bits per heavy atom. The van der Waals surface area contributed by atoms with Gasteiger partial charge < -0.3 is 10.4 Å². The molecule has 3 heteroatoms. The Balaban J connectivity index is 1.79. The summed E-state index contributed by atoms with van der Waals surface area (Å²) in [6, 6.07) is 10.3. The molecule has 94 valence electrons. The maximum Gasteiger partial charge on any atom is 0.133 e. The van der Waals surface area contributed by atoms with Gasteiger partial charge in [0.05, 0.1) is 0 Å². The van der Waals surface area contributed by atoms with Crippen LogP contribution in [0.2, 0.25) is 0 Å². The third-order valence-electron chi connectivity index (χ3n) is 3.90. The molecule has 0 unspecified atom stereocenters. The summed E-state index contributed by atoms with van der Waals surface area (Å²) in [5.41, 5.74) is 0.313. The van der Waals surface area contributed by atoms with Crippen LogP contribution in [0.5, 0.6) is 0 Å². The molecule has 1 fully saturated rings. The Hall–Kier alpha value is -1.61. The van der Waals surface area contributed by atoms with E-state index in [0.717, 1.165) is 18.8 Å². The van der Waals surface area contributed by atoms with E-state index < -0.39 is 0 Å². The largest absolute Gasteiger partial charge is 0.396 e. The molecule has 1 aliphatic carbocycles. The number of benzene rings is 1. The number of anilines is 1. The third-order valence-corrected chi connectivity index (χ3v) is 3.90. The van der Waals surface area contributed by atoms with Crippen LogP contribution in [-0.2, 0) is 0 Å². The van der Waals surface area contributed by atoms with Gasteiger partial charge in [-0.05, 0) is 36.1 Å². The predicted octanol–water partition coefficient (Wildman–Crippen LogP) is 2.81. The van der Waals surface area contributed by atoms with E-state index in [-0.39, 0.29) is 6.61 Å². The van der Waals surface area contributed by atoms with Crippen LogP contribution in [0.1, 0.15) is 19.3 Å². The van der Waals surface area contributed by atoms with E-state index in [0.29, 0.717) is 5.41 Å². The molecule has 0 bridgehead atoms. The van der Waals surface area contributed by atoms with E-state index in [1.54, 1.807) is 0 Å². The minimum absolute atomic E-state index is 0.282. The molecule has 1 saturated carbocycles. The highest BCUT2D eigenvalue weighted by Crippen LogP contribution is 2.48. The molecule has 2 N–H and O–H groups in total. The van der Waals surface area contributed by atoms with Crippen molar-refractivity contribution in [3.63, 3.8) is 0 Å². The molecule has 0 spiro atoms. The van der Waals surface area contributed by atoms with Crippen LogP contribution in [0.3, 0.4) is 0 Å². The first-order valence-electron chi connectivity index (χ1n) is 6.52. The molecule has 18 heavy (non-hydrogen) atoms. The first kappa shape index (κ1) is 11.5. The Morgan fingerprint density at radius 2 is 2.06 bits per heavy atom. The highest BCUT2D eigenvalue weighted by atomic mass is 16.3. The molecule has 1 aromatic heterocycles. The van der Waals surface area contributed by atoms with E-state index in [9.17, 15) is 0 Å². The van der Waals surface area contributed by atoms with Crippen molar-refractivity contribution in [2.45, 2.75) is 19.3 Å². The van der Waals surface area contributed by atoms with Gasteiger partial charge in [0.2, 0.25) is 0 Å². The van der Waals surface area contributed by atoms with Gasteiger partial charge in [0.1, 0.15) is 5.82 Å². The van der Waals surface area contributed by atoms with Crippen molar-refractivity contribution in [3.05, 3.63) is 36.5 Å². The summed E-state index contributed by atoms with van der Waals surface area (Å²) in [7, 11) is 0. The number of fused-ring (bicyclic) bond motifs is 1. The van der Waals surface area contributed by atoms with Gasteiger partial charge in [-0.2, -0.15) is 0 Å². The fourth-order valence-electron chi connectivity index (χ4n) is 2.46. The monoisotopic (exact) mass is 242 g/mol. The molecule has 0 radical (unpaired) electrons. The van der Waals surface area contributed by atoms with Crippen LogP contribution >= 0.6 is 0 Å². The Labute approximate surface area is 107 Å². The van der Waals surface area contributed by atoms with E-state index in [1.807, 2.05) is 24.4 Å². The van der Waals surface area contributed by atoms with Crippen molar-refractivity contribution < 1.29 is 5.11 Å². The Kier molecular flexibility index (Phi) is 2.92. The number of nitrogens with one attached hydrogen (secondary N) is 1.